The number of rotatable bonds is 3. The number of nitriles is 2. The van der Waals surface area contributed by atoms with E-state index in [1.807, 2.05) is 6.92 Å². The van der Waals surface area contributed by atoms with Gasteiger partial charge in [0.25, 0.3) is 0 Å². The van der Waals surface area contributed by atoms with Crippen LogP contribution >= 0.6 is 0 Å². The van der Waals surface area contributed by atoms with E-state index in [1.54, 1.807) is 36.4 Å². The predicted octanol–water partition coefficient (Wildman–Crippen LogP) is 1.55. The van der Waals surface area contributed by atoms with Crippen molar-refractivity contribution in [2.24, 2.45) is 11.3 Å². The Morgan fingerprint density at radius 3 is 2.74 bits per heavy atom. The Balaban J connectivity index is 2.10. The first kappa shape index (κ1) is 14.7. The van der Waals surface area contributed by atoms with Crippen LogP contribution in [0, 0.1) is 34.0 Å². The number of carbonyl (C=O) groups is 2. The number of H-pyrrole nitrogens is 1. The van der Waals surface area contributed by atoms with Crippen molar-refractivity contribution in [1.82, 2.24) is 9.97 Å². The minimum atomic E-state index is -0.910. The highest BCUT2D eigenvalue weighted by Crippen LogP contribution is 2.46. The monoisotopic (exact) mass is 307 g/mol. The summed E-state index contributed by atoms with van der Waals surface area (Å²) in [5, 5.41) is 18.0. The number of nitrogens with one attached hydrogen (secondary N) is 1. The fourth-order valence-electron chi connectivity index (χ4n) is 3.22. The van der Waals surface area contributed by atoms with Crippen molar-refractivity contribution < 1.29 is 9.59 Å². The molecule has 2 aliphatic rings. The summed E-state index contributed by atoms with van der Waals surface area (Å²) in [6.07, 6.45) is 8.28. The maximum atomic E-state index is 13.0. The number of hydrogen-bond donors (Lipinski definition) is 1. The van der Waals surface area contributed by atoms with Crippen LogP contribution in [-0.4, -0.2) is 21.8 Å². The molecule has 0 saturated carbocycles. The molecule has 1 aromatic heterocycles. The van der Waals surface area contributed by atoms with Crippen LogP contribution in [-0.2, 0) is 9.59 Å². The molecule has 114 valence electrons. The molecule has 1 aliphatic heterocycles. The lowest BCUT2D eigenvalue weighted by atomic mass is 9.71. The number of carbonyl (C=O) groups excluding carboxylic acids is 2. The highest BCUT2D eigenvalue weighted by atomic mass is 16.2. The highest BCUT2D eigenvalue weighted by molar-refractivity contribution is 6.24. The molecule has 0 spiro atoms. The number of nitrogens with zero attached hydrogens (tertiary/aromatic N) is 4. The van der Waals surface area contributed by atoms with E-state index in [0.29, 0.717) is 6.42 Å². The molecule has 0 aromatic carbocycles. The number of amides is 2. The number of aromatic amines is 1. The first-order valence-corrected chi connectivity index (χ1v) is 7.23. The number of fused-ring (bicyclic) bond motifs is 1. The summed E-state index contributed by atoms with van der Waals surface area (Å²) in [6, 6.07) is 3.57. The number of allylic oxidation sites excluding steroid dienone is 2. The average molecular weight is 307 g/mol. The van der Waals surface area contributed by atoms with Crippen LogP contribution in [0.5, 0.6) is 0 Å². The maximum absolute atomic E-state index is 13.0. The Morgan fingerprint density at radius 1 is 1.35 bits per heavy atom. The van der Waals surface area contributed by atoms with Crippen molar-refractivity contribution in [3.63, 3.8) is 0 Å². The van der Waals surface area contributed by atoms with Gasteiger partial charge in [0.2, 0.25) is 17.8 Å². The SMILES string of the molecule is CCCC12C=CC=CC1C(=O)N(c1nc(C#N)c(C#N)[nH]1)C2=O. The minimum Gasteiger partial charge on any atom is -0.314 e. The lowest BCUT2D eigenvalue weighted by Gasteiger charge is -2.27. The fraction of sp³-hybridized carbons (Fsp3) is 0.312. The normalized spacial score (nSPS) is 25.3. The van der Waals surface area contributed by atoms with Gasteiger partial charge in [0.05, 0.1) is 11.3 Å². The van der Waals surface area contributed by atoms with Gasteiger partial charge in [-0.25, -0.2) is 4.90 Å². The second-order valence-corrected chi connectivity index (χ2v) is 5.50. The molecule has 2 heterocycles. The number of hydrogen-bond acceptors (Lipinski definition) is 5. The van der Waals surface area contributed by atoms with Gasteiger partial charge in [-0.2, -0.15) is 15.5 Å². The molecular weight excluding hydrogens is 294 g/mol. The van der Waals surface area contributed by atoms with Crippen LogP contribution < -0.4 is 4.90 Å². The molecule has 2 unspecified atom stereocenters. The van der Waals surface area contributed by atoms with Crippen molar-refractivity contribution in [3.05, 3.63) is 35.7 Å². The van der Waals surface area contributed by atoms with Gasteiger partial charge < -0.3 is 4.98 Å². The summed E-state index contributed by atoms with van der Waals surface area (Å²) in [6.45, 7) is 1.95. The second kappa shape index (κ2) is 5.22. The minimum absolute atomic E-state index is 0.0615. The molecule has 0 bridgehead atoms. The molecule has 1 aliphatic carbocycles. The first-order valence-electron chi connectivity index (χ1n) is 7.23. The third kappa shape index (κ3) is 1.91. The van der Waals surface area contributed by atoms with E-state index in [4.69, 9.17) is 10.5 Å². The summed E-state index contributed by atoms with van der Waals surface area (Å²) in [5.41, 5.74) is -1.10. The van der Waals surface area contributed by atoms with E-state index in [-0.39, 0.29) is 23.2 Å². The molecule has 1 saturated heterocycles. The van der Waals surface area contributed by atoms with E-state index in [9.17, 15) is 9.59 Å². The molecule has 7 heteroatoms. The molecule has 1 aromatic rings. The molecule has 2 atom stereocenters. The van der Waals surface area contributed by atoms with Crippen LogP contribution in [0.3, 0.4) is 0 Å². The fourth-order valence-corrected chi connectivity index (χ4v) is 3.22. The van der Waals surface area contributed by atoms with E-state index in [1.165, 1.54) is 0 Å². The molecule has 23 heavy (non-hydrogen) atoms. The van der Waals surface area contributed by atoms with E-state index >= 15 is 0 Å². The Hall–Kier alpha value is -3.19. The van der Waals surface area contributed by atoms with Crippen molar-refractivity contribution in [1.29, 1.82) is 10.5 Å². The van der Waals surface area contributed by atoms with Gasteiger partial charge in [0.1, 0.15) is 12.1 Å². The van der Waals surface area contributed by atoms with E-state index < -0.39 is 17.2 Å². The number of aromatic nitrogens is 2. The molecular formula is C16H13N5O2. The van der Waals surface area contributed by atoms with Gasteiger partial charge in [-0.15, -0.1) is 0 Å². The Morgan fingerprint density at radius 2 is 2.13 bits per heavy atom. The summed E-state index contributed by atoms with van der Waals surface area (Å²) < 4.78 is 0. The third-order valence-corrected chi connectivity index (χ3v) is 4.24. The van der Waals surface area contributed by atoms with E-state index in [2.05, 4.69) is 9.97 Å². The zero-order chi connectivity index (χ0) is 16.6. The van der Waals surface area contributed by atoms with Crippen LogP contribution in [0.15, 0.2) is 24.3 Å². The Bertz CT molecular complexity index is 804. The first-order chi connectivity index (χ1) is 11.1. The maximum Gasteiger partial charge on any atom is 0.247 e. The second-order valence-electron chi connectivity index (χ2n) is 5.50. The van der Waals surface area contributed by atoms with Crippen LogP contribution in [0.25, 0.3) is 0 Å². The lowest BCUT2D eigenvalue weighted by Crippen LogP contribution is -2.36. The smallest absolute Gasteiger partial charge is 0.247 e. The quantitative estimate of drug-likeness (QED) is 0.851. The summed E-state index contributed by atoms with van der Waals surface area (Å²) >= 11 is 0. The van der Waals surface area contributed by atoms with Gasteiger partial charge in [-0.05, 0) is 6.42 Å². The zero-order valence-corrected chi connectivity index (χ0v) is 12.4. The van der Waals surface area contributed by atoms with Crippen molar-refractivity contribution in [3.8, 4) is 12.1 Å². The summed E-state index contributed by atoms with van der Waals surface area (Å²) in [4.78, 5) is 33.2. The Labute approximate surface area is 132 Å². The number of imidazole rings is 1. The lowest BCUT2D eigenvalue weighted by molar-refractivity contribution is -0.124. The molecule has 1 N–H and O–H groups in total. The Kier molecular flexibility index (Phi) is 3.34. The number of anilines is 1. The van der Waals surface area contributed by atoms with Crippen LogP contribution in [0.2, 0.25) is 0 Å². The highest BCUT2D eigenvalue weighted by Gasteiger charge is 2.58. The molecule has 0 radical (unpaired) electrons. The number of imide groups is 1. The van der Waals surface area contributed by atoms with Gasteiger partial charge in [-0.3, -0.25) is 9.59 Å². The van der Waals surface area contributed by atoms with Crippen molar-refractivity contribution in [2.45, 2.75) is 19.8 Å². The standard InChI is InChI=1S/C16H13N5O2/c1-2-6-16-7-4-3-5-10(16)13(22)21(14(16)23)15-19-11(8-17)12(9-18)20-15/h3-5,7,10H,2,6H2,1H3,(H,19,20). The third-order valence-electron chi connectivity index (χ3n) is 4.24. The predicted molar refractivity (Wildman–Crippen MR) is 79.6 cm³/mol. The van der Waals surface area contributed by atoms with Gasteiger partial charge in [0.15, 0.2) is 11.4 Å². The van der Waals surface area contributed by atoms with Gasteiger partial charge in [0, 0.05) is 0 Å². The summed E-state index contributed by atoms with van der Waals surface area (Å²) in [5.74, 6) is -1.43. The van der Waals surface area contributed by atoms with Crippen molar-refractivity contribution in [2.75, 3.05) is 4.90 Å². The van der Waals surface area contributed by atoms with Gasteiger partial charge in [-0.1, -0.05) is 37.6 Å². The zero-order valence-electron chi connectivity index (χ0n) is 12.4. The van der Waals surface area contributed by atoms with Crippen molar-refractivity contribution >= 4 is 17.8 Å². The molecule has 1 fully saturated rings. The molecule has 2 amide bonds. The van der Waals surface area contributed by atoms with Crippen LogP contribution in [0.4, 0.5) is 5.95 Å². The summed E-state index contributed by atoms with van der Waals surface area (Å²) in [7, 11) is 0. The van der Waals surface area contributed by atoms with Crippen LogP contribution in [0.1, 0.15) is 31.2 Å². The largest absolute Gasteiger partial charge is 0.314 e. The average Bonchev–Trinajstić information content (AvgIpc) is 3.06. The van der Waals surface area contributed by atoms with Gasteiger partial charge >= 0.3 is 0 Å². The molecule has 3 rings (SSSR count). The molecule has 7 nitrogen and oxygen atoms in total. The van der Waals surface area contributed by atoms with E-state index in [0.717, 1.165) is 11.3 Å². The topological polar surface area (TPSA) is 114 Å².